The zero-order chi connectivity index (χ0) is 13.7. The van der Waals surface area contributed by atoms with Gasteiger partial charge in [0.2, 0.25) is 5.91 Å². The fraction of sp³-hybridized carbons (Fsp3) is 0.533. The van der Waals surface area contributed by atoms with E-state index in [9.17, 15) is 4.79 Å². The van der Waals surface area contributed by atoms with Gasteiger partial charge in [-0.1, -0.05) is 25.0 Å². The summed E-state index contributed by atoms with van der Waals surface area (Å²) >= 11 is 0. The lowest BCUT2D eigenvalue weighted by molar-refractivity contribution is -0.117. The highest BCUT2D eigenvalue weighted by atomic mass is 16.5. The number of amides is 1. The zero-order valence-corrected chi connectivity index (χ0v) is 11.4. The summed E-state index contributed by atoms with van der Waals surface area (Å²) in [5.74, 6) is -0.171. The van der Waals surface area contributed by atoms with Crippen molar-refractivity contribution in [1.29, 1.82) is 0 Å². The minimum atomic E-state index is -0.495. The van der Waals surface area contributed by atoms with E-state index in [2.05, 4.69) is 5.32 Å². The van der Waals surface area contributed by atoms with Crippen molar-refractivity contribution in [1.82, 2.24) is 0 Å². The van der Waals surface area contributed by atoms with Crippen molar-refractivity contribution >= 4 is 11.6 Å². The lowest BCUT2D eigenvalue weighted by Gasteiger charge is -2.12. The van der Waals surface area contributed by atoms with E-state index < -0.39 is 6.04 Å². The summed E-state index contributed by atoms with van der Waals surface area (Å²) in [4.78, 5) is 11.4. The van der Waals surface area contributed by atoms with Crippen LogP contribution in [0.5, 0.6) is 0 Å². The molecule has 0 aliphatic heterocycles. The molecule has 19 heavy (non-hydrogen) atoms. The number of benzene rings is 1. The molecule has 1 amide bonds. The maximum absolute atomic E-state index is 11.4. The molecular weight excluding hydrogens is 240 g/mol. The van der Waals surface area contributed by atoms with E-state index in [1.807, 2.05) is 24.3 Å². The van der Waals surface area contributed by atoms with E-state index in [0.29, 0.717) is 12.7 Å². The highest BCUT2D eigenvalue weighted by Crippen LogP contribution is 2.22. The molecule has 0 heterocycles. The smallest absolute Gasteiger partial charge is 0.240 e. The average Bonchev–Trinajstić information content (AvgIpc) is 2.91. The Kier molecular flexibility index (Phi) is 4.93. The van der Waals surface area contributed by atoms with Crippen LogP contribution in [0.4, 0.5) is 5.69 Å². The summed E-state index contributed by atoms with van der Waals surface area (Å²) in [5.41, 5.74) is 7.40. The van der Waals surface area contributed by atoms with Crippen LogP contribution >= 0.6 is 0 Å². The molecule has 3 N–H and O–H groups in total. The van der Waals surface area contributed by atoms with Gasteiger partial charge in [0.05, 0.1) is 18.8 Å². The Hall–Kier alpha value is -1.39. The van der Waals surface area contributed by atoms with Crippen LogP contribution in [-0.4, -0.2) is 18.1 Å². The van der Waals surface area contributed by atoms with Gasteiger partial charge in [-0.25, -0.2) is 0 Å². The highest BCUT2D eigenvalue weighted by molar-refractivity contribution is 5.94. The molecule has 0 aromatic heterocycles. The number of ether oxygens (including phenoxy) is 1. The summed E-state index contributed by atoms with van der Waals surface area (Å²) in [6.45, 7) is 2.31. The van der Waals surface area contributed by atoms with Gasteiger partial charge in [-0.2, -0.15) is 0 Å². The summed E-state index contributed by atoms with van der Waals surface area (Å²) in [7, 11) is 0. The van der Waals surface area contributed by atoms with Crippen LogP contribution in [0.3, 0.4) is 0 Å². The standard InChI is InChI=1S/C15H22N2O2/c1-11(16)15(18)17-13-8-6-12(7-9-13)10-19-14-4-2-3-5-14/h6-9,11,14H,2-5,10,16H2,1H3,(H,17,18)/t11-/m1/s1. The predicted octanol–water partition coefficient (Wildman–Crippen LogP) is 2.43. The molecular formula is C15H22N2O2. The Labute approximate surface area is 114 Å². The third-order valence-electron chi connectivity index (χ3n) is 3.42. The minimum absolute atomic E-state index is 0.171. The van der Waals surface area contributed by atoms with Gasteiger partial charge in [-0.15, -0.1) is 0 Å². The monoisotopic (exact) mass is 262 g/mol. The molecule has 1 atom stereocenters. The van der Waals surface area contributed by atoms with E-state index in [1.165, 1.54) is 25.7 Å². The molecule has 0 spiro atoms. The SMILES string of the molecule is C[C@@H](N)C(=O)Nc1ccc(COC2CCCC2)cc1. The number of anilines is 1. The number of nitrogens with two attached hydrogens (primary N) is 1. The second-order valence-corrected chi connectivity index (χ2v) is 5.19. The van der Waals surface area contributed by atoms with Crippen molar-refractivity contribution < 1.29 is 9.53 Å². The molecule has 4 nitrogen and oxygen atoms in total. The maximum Gasteiger partial charge on any atom is 0.240 e. The quantitative estimate of drug-likeness (QED) is 0.856. The van der Waals surface area contributed by atoms with Crippen molar-refractivity contribution in [3.05, 3.63) is 29.8 Å². The number of hydrogen-bond donors (Lipinski definition) is 2. The lowest BCUT2D eigenvalue weighted by atomic mass is 10.2. The molecule has 1 saturated carbocycles. The Morgan fingerprint density at radius 3 is 2.58 bits per heavy atom. The van der Waals surface area contributed by atoms with Crippen LogP contribution in [-0.2, 0) is 16.1 Å². The first kappa shape index (κ1) is 14.0. The van der Waals surface area contributed by atoms with Crippen LogP contribution in [0.25, 0.3) is 0 Å². The van der Waals surface area contributed by atoms with Crippen molar-refractivity contribution in [2.45, 2.75) is 51.4 Å². The summed E-state index contributed by atoms with van der Waals surface area (Å²) in [5, 5.41) is 2.76. The molecule has 1 fully saturated rings. The van der Waals surface area contributed by atoms with Gasteiger partial charge >= 0.3 is 0 Å². The molecule has 0 saturated heterocycles. The van der Waals surface area contributed by atoms with Crippen LogP contribution in [0, 0.1) is 0 Å². The van der Waals surface area contributed by atoms with Crippen LogP contribution < -0.4 is 11.1 Å². The zero-order valence-electron chi connectivity index (χ0n) is 11.4. The van der Waals surface area contributed by atoms with Gasteiger partial charge in [-0.05, 0) is 37.5 Å². The summed E-state index contributed by atoms with van der Waals surface area (Å²) in [6.07, 6.45) is 5.36. The number of nitrogens with one attached hydrogen (secondary N) is 1. The van der Waals surface area contributed by atoms with E-state index in [1.54, 1.807) is 6.92 Å². The Morgan fingerprint density at radius 2 is 2.00 bits per heavy atom. The third kappa shape index (κ3) is 4.33. The van der Waals surface area contributed by atoms with Gasteiger partial charge in [0.1, 0.15) is 0 Å². The molecule has 0 bridgehead atoms. The molecule has 0 radical (unpaired) electrons. The first-order chi connectivity index (χ1) is 9.15. The lowest BCUT2D eigenvalue weighted by Crippen LogP contribution is -2.32. The third-order valence-corrected chi connectivity index (χ3v) is 3.42. The topological polar surface area (TPSA) is 64.4 Å². The molecule has 2 rings (SSSR count). The van der Waals surface area contributed by atoms with Crippen molar-refractivity contribution in [3.8, 4) is 0 Å². The van der Waals surface area contributed by atoms with E-state index in [-0.39, 0.29) is 5.91 Å². The second-order valence-electron chi connectivity index (χ2n) is 5.19. The molecule has 0 unspecified atom stereocenters. The van der Waals surface area contributed by atoms with Crippen LogP contribution in [0.15, 0.2) is 24.3 Å². The molecule has 1 aromatic rings. The molecule has 1 aliphatic rings. The Balaban J connectivity index is 1.82. The molecule has 1 aliphatic carbocycles. The van der Waals surface area contributed by atoms with Crippen molar-refractivity contribution in [2.75, 3.05) is 5.32 Å². The maximum atomic E-state index is 11.4. The number of carbonyl (C=O) groups excluding carboxylic acids is 1. The van der Waals surface area contributed by atoms with Gasteiger partial charge in [0.25, 0.3) is 0 Å². The Bertz CT molecular complexity index is 409. The largest absolute Gasteiger partial charge is 0.374 e. The van der Waals surface area contributed by atoms with E-state index in [0.717, 1.165) is 11.3 Å². The number of carbonyl (C=O) groups is 1. The molecule has 1 aromatic carbocycles. The van der Waals surface area contributed by atoms with E-state index >= 15 is 0 Å². The van der Waals surface area contributed by atoms with Gasteiger partial charge in [-0.3, -0.25) is 4.79 Å². The van der Waals surface area contributed by atoms with Crippen molar-refractivity contribution in [2.24, 2.45) is 5.73 Å². The highest BCUT2D eigenvalue weighted by Gasteiger charge is 2.15. The van der Waals surface area contributed by atoms with Gasteiger partial charge < -0.3 is 15.8 Å². The van der Waals surface area contributed by atoms with Gasteiger partial charge in [0.15, 0.2) is 0 Å². The number of rotatable bonds is 5. The van der Waals surface area contributed by atoms with Crippen molar-refractivity contribution in [3.63, 3.8) is 0 Å². The molecule has 4 heteroatoms. The Morgan fingerprint density at radius 1 is 1.37 bits per heavy atom. The first-order valence-electron chi connectivity index (χ1n) is 6.92. The minimum Gasteiger partial charge on any atom is -0.374 e. The second kappa shape index (κ2) is 6.68. The van der Waals surface area contributed by atoms with Gasteiger partial charge in [0, 0.05) is 5.69 Å². The fourth-order valence-electron chi connectivity index (χ4n) is 2.21. The fourth-order valence-corrected chi connectivity index (χ4v) is 2.21. The average molecular weight is 262 g/mol. The van der Waals surface area contributed by atoms with Crippen LogP contribution in [0.2, 0.25) is 0 Å². The normalized spacial score (nSPS) is 17.4. The number of hydrogen-bond acceptors (Lipinski definition) is 3. The summed E-state index contributed by atoms with van der Waals surface area (Å²) in [6, 6.07) is 7.23. The van der Waals surface area contributed by atoms with Crippen LogP contribution in [0.1, 0.15) is 38.2 Å². The first-order valence-corrected chi connectivity index (χ1v) is 6.92. The molecule has 104 valence electrons. The summed E-state index contributed by atoms with van der Waals surface area (Å²) < 4.78 is 5.84. The van der Waals surface area contributed by atoms with E-state index in [4.69, 9.17) is 10.5 Å². The predicted molar refractivity (Wildman–Crippen MR) is 75.8 cm³/mol.